The summed E-state index contributed by atoms with van der Waals surface area (Å²) in [5, 5.41) is 6.25. The van der Waals surface area contributed by atoms with Gasteiger partial charge in [0.15, 0.2) is 0 Å². The molecule has 0 saturated carbocycles. The average molecular weight is 415 g/mol. The van der Waals surface area contributed by atoms with Crippen LogP contribution >= 0.6 is 0 Å². The van der Waals surface area contributed by atoms with Crippen molar-refractivity contribution in [3.05, 3.63) is 101 Å². The maximum absolute atomic E-state index is 10.4. The number of aryl methyl sites for hydroxylation is 1. The fourth-order valence-corrected chi connectivity index (χ4v) is 4.30. The predicted octanol–water partition coefficient (Wildman–Crippen LogP) is 4.72. The van der Waals surface area contributed by atoms with Crippen molar-refractivity contribution in [3.8, 4) is 5.75 Å². The summed E-state index contributed by atoms with van der Waals surface area (Å²) in [5.74, 6) is 0.960. The lowest BCUT2D eigenvalue weighted by molar-refractivity contribution is -0.110. The third kappa shape index (κ3) is 5.74. The van der Waals surface area contributed by atoms with Gasteiger partial charge in [-0.05, 0) is 72.2 Å². The Hall–Kier alpha value is -3.11. The van der Waals surface area contributed by atoms with E-state index in [4.69, 9.17) is 4.74 Å². The number of fused-ring (bicyclic) bond motifs is 2. The van der Waals surface area contributed by atoms with Crippen molar-refractivity contribution in [1.29, 1.82) is 0 Å². The first-order valence-electron chi connectivity index (χ1n) is 11.1. The van der Waals surface area contributed by atoms with Crippen LogP contribution in [0.3, 0.4) is 0 Å². The van der Waals surface area contributed by atoms with Gasteiger partial charge < -0.3 is 15.4 Å². The summed E-state index contributed by atoms with van der Waals surface area (Å²) in [6, 6.07) is 25.3. The first kappa shape index (κ1) is 21.1. The molecule has 1 aliphatic carbocycles. The number of rotatable bonds is 5. The number of hydrogen-bond acceptors (Lipinski definition) is 3. The first-order valence-corrected chi connectivity index (χ1v) is 11.1. The van der Waals surface area contributed by atoms with Gasteiger partial charge in [-0.2, -0.15) is 0 Å². The predicted molar refractivity (Wildman–Crippen MR) is 124 cm³/mol. The zero-order chi connectivity index (χ0) is 21.3. The van der Waals surface area contributed by atoms with Gasteiger partial charge in [-0.25, -0.2) is 0 Å². The third-order valence-corrected chi connectivity index (χ3v) is 5.95. The van der Waals surface area contributed by atoms with Gasteiger partial charge in [0.25, 0.3) is 0 Å². The summed E-state index contributed by atoms with van der Waals surface area (Å²) in [7, 11) is 0. The lowest BCUT2D eigenvalue weighted by Gasteiger charge is -2.24. The summed E-state index contributed by atoms with van der Waals surface area (Å²) in [6.45, 7) is 2.67. The minimum atomic E-state index is 0.238. The first-order chi connectivity index (χ1) is 15.3. The fraction of sp³-hybridized carbons (Fsp3) is 0.296. The smallest absolute Gasteiger partial charge is 0.207 e. The van der Waals surface area contributed by atoms with Gasteiger partial charge in [-0.15, -0.1) is 0 Å². The van der Waals surface area contributed by atoms with Gasteiger partial charge >= 0.3 is 0 Å². The number of nitrogens with one attached hydrogen (secondary N) is 2. The molecule has 0 saturated heterocycles. The van der Waals surface area contributed by atoms with Crippen molar-refractivity contribution >= 4 is 6.41 Å². The van der Waals surface area contributed by atoms with Crippen molar-refractivity contribution in [2.45, 2.75) is 44.9 Å². The highest BCUT2D eigenvalue weighted by molar-refractivity contribution is 5.49. The highest BCUT2D eigenvalue weighted by Gasteiger charge is 2.18. The fourth-order valence-electron chi connectivity index (χ4n) is 4.30. The number of hydrogen-bond donors (Lipinski definition) is 2. The van der Waals surface area contributed by atoms with Crippen molar-refractivity contribution in [3.63, 3.8) is 0 Å². The molecule has 2 N–H and O–H groups in total. The highest BCUT2D eigenvalue weighted by Crippen LogP contribution is 2.28. The molecule has 0 aromatic heterocycles. The summed E-state index contributed by atoms with van der Waals surface area (Å²) < 4.78 is 5.83. The monoisotopic (exact) mass is 414 g/mol. The van der Waals surface area contributed by atoms with E-state index in [1.165, 1.54) is 34.2 Å². The number of ether oxygens (including phenoxy) is 1. The zero-order valence-corrected chi connectivity index (χ0v) is 17.8. The molecule has 3 aromatic carbocycles. The van der Waals surface area contributed by atoms with E-state index in [-0.39, 0.29) is 6.04 Å². The van der Waals surface area contributed by atoms with E-state index in [1.54, 1.807) is 0 Å². The second-order valence-corrected chi connectivity index (χ2v) is 8.06. The molecular weight excluding hydrogens is 384 g/mol. The van der Waals surface area contributed by atoms with E-state index in [9.17, 15) is 4.79 Å². The van der Waals surface area contributed by atoms with E-state index in [0.717, 1.165) is 44.5 Å². The second-order valence-electron chi connectivity index (χ2n) is 8.06. The van der Waals surface area contributed by atoms with Crippen LogP contribution in [0, 0.1) is 0 Å². The van der Waals surface area contributed by atoms with Crippen LogP contribution in [0.5, 0.6) is 5.75 Å². The Morgan fingerprint density at radius 1 is 0.935 bits per heavy atom. The number of amides is 1. The van der Waals surface area contributed by atoms with Gasteiger partial charge in [0.2, 0.25) is 6.41 Å². The van der Waals surface area contributed by atoms with Gasteiger partial charge in [0.05, 0.1) is 6.04 Å². The molecule has 2 aliphatic rings. The molecule has 0 spiro atoms. The molecule has 31 heavy (non-hydrogen) atoms. The molecule has 5 rings (SSSR count). The maximum atomic E-state index is 10.4. The summed E-state index contributed by atoms with van der Waals surface area (Å²) in [4.78, 5) is 10.4. The Balaban J connectivity index is 0.000000158. The van der Waals surface area contributed by atoms with E-state index >= 15 is 0 Å². The third-order valence-electron chi connectivity index (χ3n) is 5.95. The number of benzene rings is 3. The Morgan fingerprint density at radius 2 is 1.77 bits per heavy atom. The van der Waals surface area contributed by atoms with Crippen molar-refractivity contribution in [1.82, 2.24) is 10.6 Å². The molecule has 160 valence electrons. The van der Waals surface area contributed by atoms with Crippen molar-refractivity contribution < 1.29 is 9.53 Å². The van der Waals surface area contributed by atoms with Crippen LogP contribution in [-0.4, -0.2) is 13.0 Å². The van der Waals surface area contributed by atoms with Crippen LogP contribution in [0.1, 0.15) is 46.7 Å². The van der Waals surface area contributed by atoms with E-state index in [0.29, 0.717) is 6.61 Å². The zero-order valence-electron chi connectivity index (χ0n) is 17.8. The molecule has 0 bridgehead atoms. The summed E-state index contributed by atoms with van der Waals surface area (Å²) >= 11 is 0. The quantitative estimate of drug-likeness (QED) is 0.594. The SMILES string of the molecule is O=CNC1CCCc2ccccc21.c1ccc(COc2ccc3c(c2)CNCC3)cc1. The van der Waals surface area contributed by atoms with E-state index in [2.05, 4.69) is 59.2 Å². The normalized spacial score (nSPS) is 16.7. The second kappa shape index (κ2) is 10.8. The van der Waals surface area contributed by atoms with Gasteiger partial charge in [-0.1, -0.05) is 60.7 Å². The van der Waals surface area contributed by atoms with Crippen LogP contribution in [0.15, 0.2) is 72.8 Å². The van der Waals surface area contributed by atoms with Crippen LogP contribution in [-0.2, 0) is 30.8 Å². The maximum Gasteiger partial charge on any atom is 0.207 e. The van der Waals surface area contributed by atoms with Gasteiger partial charge in [0.1, 0.15) is 12.4 Å². The van der Waals surface area contributed by atoms with Crippen LogP contribution in [0.25, 0.3) is 0 Å². The van der Waals surface area contributed by atoms with Crippen LogP contribution in [0.4, 0.5) is 0 Å². The molecule has 4 heteroatoms. The standard InChI is InChI=1S/C16H17NO.C11H13NO/c1-2-4-13(5-3-1)12-18-16-7-6-14-8-9-17-11-15(14)10-16;13-8-12-11-7-3-5-9-4-1-2-6-10(9)11/h1-7,10,17H,8-9,11-12H2;1-2,4,6,8,11H,3,5,7H2,(H,12,13). The molecule has 1 unspecified atom stereocenters. The van der Waals surface area contributed by atoms with Gasteiger partial charge in [0, 0.05) is 6.54 Å². The Bertz CT molecular complexity index is 988. The lowest BCUT2D eigenvalue weighted by Crippen LogP contribution is -2.23. The Morgan fingerprint density at radius 3 is 2.65 bits per heavy atom. The lowest BCUT2D eigenvalue weighted by atomic mass is 9.88. The Labute approximate surface area is 184 Å². The minimum Gasteiger partial charge on any atom is -0.489 e. The minimum absolute atomic E-state index is 0.238. The molecule has 4 nitrogen and oxygen atoms in total. The van der Waals surface area contributed by atoms with Crippen molar-refractivity contribution in [2.24, 2.45) is 0 Å². The molecule has 1 aliphatic heterocycles. The van der Waals surface area contributed by atoms with Crippen LogP contribution in [0.2, 0.25) is 0 Å². The molecule has 1 heterocycles. The summed E-state index contributed by atoms with van der Waals surface area (Å²) in [6.07, 6.45) is 5.30. The molecule has 3 aromatic rings. The largest absolute Gasteiger partial charge is 0.489 e. The molecule has 0 fully saturated rings. The highest BCUT2D eigenvalue weighted by atomic mass is 16.5. The van der Waals surface area contributed by atoms with E-state index < -0.39 is 0 Å². The van der Waals surface area contributed by atoms with Gasteiger partial charge in [-0.3, -0.25) is 4.79 Å². The van der Waals surface area contributed by atoms with E-state index in [1.807, 2.05) is 24.3 Å². The van der Waals surface area contributed by atoms with Crippen LogP contribution < -0.4 is 15.4 Å². The number of carbonyl (C=O) groups excluding carboxylic acids is 1. The number of carbonyl (C=O) groups is 1. The molecule has 1 atom stereocenters. The Kier molecular flexibility index (Phi) is 7.35. The molecule has 1 amide bonds. The summed E-state index contributed by atoms with van der Waals surface area (Å²) in [5.41, 5.74) is 6.69. The molecular formula is C27H30N2O2. The average Bonchev–Trinajstić information content (AvgIpc) is 2.84. The molecule has 0 radical (unpaired) electrons. The topological polar surface area (TPSA) is 50.4 Å². The van der Waals surface area contributed by atoms with Crippen molar-refractivity contribution in [2.75, 3.05) is 6.54 Å².